The average Bonchev–Trinajstić information content (AvgIpc) is 3.22. The van der Waals surface area contributed by atoms with Crippen molar-refractivity contribution in [3.8, 4) is 0 Å². The SMILES string of the molecule is O=C(NCC1(c2ccc(F)cc2)CCCC1)c1ccc(N2CCCCS2(=O)=O)cc1. The molecule has 2 aromatic rings. The predicted octanol–water partition coefficient (Wildman–Crippen LogP) is 4.00. The van der Waals surface area contributed by atoms with E-state index >= 15 is 0 Å². The van der Waals surface area contributed by atoms with Crippen molar-refractivity contribution in [3.05, 3.63) is 65.5 Å². The molecule has 0 spiro atoms. The third-order valence-corrected chi connectivity index (χ3v) is 8.24. The fraction of sp³-hybridized carbons (Fsp3) is 0.435. The molecule has 0 unspecified atom stereocenters. The molecule has 160 valence electrons. The maximum atomic E-state index is 13.3. The van der Waals surface area contributed by atoms with Crippen molar-refractivity contribution in [1.29, 1.82) is 0 Å². The van der Waals surface area contributed by atoms with Crippen LogP contribution in [0.15, 0.2) is 48.5 Å². The van der Waals surface area contributed by atoms with Gasteiger partial charge in [-0.25, -0.2) is 12.8 Å². The van der Waals surface area contributed by atoms with E-state index in [1.165, 1.54) is 16.4 Å². The molecule has 0 aromatic heterocycles. The van der Waals surface area contributed by atoms with Crippen LogP contribution in [-0.4, -0.2) is 33.2 Å². The van der Waals surface area contributed by atoms with Crippen LogP contribution in [0.1, 0.15) is 54.4 Å². The minimum absolute atomic E-state index is 0.162. The van der Waals surface area contributed by atoms with E-state index in [0.717, 1.165) is 37.7 Å². The maximum Gasteiger partial charge on any atom is 0.251 e. The van der Waals surface area contributed by atoms with E-state index in [9.17, 15) is 17.6 Å². The number of hydrogen-bond acceptors (Lipinski definition) is 3. The number of nitrogens with zero attached hydrogens (tertiary/aromatic N) is 1. The van der Waals surface area contributed by atoms with Crippen LogP contribution in [-0.2, 0) is 15.4 Å². The zero-order valence-corrected chi connectivity index (χ0v) is 17.8. The van der Waals surface area contributed by atoms with Gasteiger partial charge in [-0.1, -0.05) is 25.0 Å². The molecule has 0 bridgehead atoms. The van der Waals surface area contributed by atoms with Gasteiger partial charge in [0.25, 0.3) is 5.91 Å². The lowest BCUT2D eigenvalue weighted by molar-refractivity contribution is 0.0943. The molecule has 1 aliphatic carbocycles. The second-order valence-corrected chi connectivity index (χ2v) is 10.3. The van der Waals surface area contributed by atoms with Gasteiger partial charge in [-0.3, -0.25) is 9.10 Å². The number of rotatable bonds is 5. The van der Waals surface area contributed by atoms with Gasteiger partial charge in [0.05, 0.1) is 11.4 Å². The second kappa shape index (κ2) is 8.38. The van der Waals surface area contributed by atoms with Crippen molar-refractivity contribution < 1.29 is 17.6 Å². The molecule has 1 saturated heterocycles. The average molecular weight is 431 g/mol. The fourth-order valence-corrected chi connectivity index (χ4v) is 6.27. The summed E-state index contributed by atoms with van der Waals surface area (Å²) in [5, 5.41) is 3.05. The van der Waals surface area contributed by atoms with Gasteiger partial charge in [0.1, 0.15) is 5.82 Å². The third kappa shape index (κ3) is 4.21. The van der Waals surface area contributed by atoms with Crippen molar-refractivity contribution in [3.63, 3.8) is 0 Å². The molecule has 5 nitrogen and oxygen atoms in total. The lowest BCUT2D eigenvalue weighted by Crippen LogP contribution is -2.39. The molecule has 7 heteroatoms. The fourth-order valence-electron chi connectivity index (χ4n) is 4.63. The van der Waals surface area contributed by atoms with Crippen LogP contribution in [0.5, 0.6) is 0 Å². The van der Waals surface area contributed by atoms with Gasteiger partial charge in [0.2, 0.25) is 10.0 Å². The summed E-state index contributed by atoms with van der Waals surface area (Å²) < 4.78 is 39.3. The summed E-state index contributed by atoms with van der Waals surface area (Å²) in [6.45, 7) is 0.980. The molecule has 0 radical (unpaired) electrons. The maximum absolute atomic E-state index is 13.3. The Morgan fingerprint density at radius 3 is 2.27 bits per heavy atom. The lowest BCUT2D eigenvalue weighted by Gasteiger charge is -2.30. The van der Waals surface area contributed by atoms with E-state index in [-0.39, 0.29) is 22.9 Å². The highest BCUT2D eigenvalue weighted by atomic mass is 32.2. The summed E-state index contributed by atoms with van der Waals surface area (Å²) in [4.78, 5) is 12.7. The molecular weight excluding hydrogens is 403 g/mol. The molecule has 1 aliphatic heterocycles. The van der Waals surface area contributed by atoms with Gasteiger partial charge in [0.15, 0.2) is 0 Å². The van der Waals surface area contributed by atoms with Gasteiger partial charge in [-0.2, -0.15) is 0 Å². The molecule has 30 heavy (non-hydrogen) atoms. The summed E-state index contributed by atoms with van der Waals surface area (Å²) in [6, 6.07) is 13.3. The van der Waals surface area contributed by atoms with Crippen LogP contribution >= 0.6 is 0 Å². The molecule has 0 atom stereocenters. The molecule has 1 heterocycles. The van der Waals surface area contributed by atoms with Crippen molar-refractivity contribution in [2.75, 3.05) is 23.1 Å². The number of anilines is 1. The van der Waals surface area contributed by atoms with Gasteiger partial charge in [0, 0.05) is 24.1 Å². The molecule has 1 N–H and O–H groups in total. The van der Waals surface area contributed by atoms with E-state index < -0.39 is 10.0 Å². The Kier molecular flexibility index (Phi) is 5.82. The van der Waals surface area contributed by atoms with Gasteiger partial charge in [-0.15, -0.1) is 0 Å². The number of halogens is 1. The summed E-state index contributed by atoms with van der Waals surface area (Å²) in [6.07, 6.45) is 5.63. The van der Waals surface area contributed by atoms with Gasteiger partial charge in [-0.05, 0) is 67.6 Å². The number of carbonyl (C=O) groups excluding carboxylic acids is 1. The van der Waals surface area contributed by atoms with Crippen molar-refractivity contribution >= 4 is 21.6 Å². The van der Waals surface area contributed by atoms with Crippen molar-refractivity contribution in [2.45, 2.75) is 43.9 Å². The number of sulfonamides is 1. The monoisotopic (exact) mass is 430 g/mol. The highest BCUT2D eigenvalue weighted by molar-refractivity contribution is 7.92. The first kappa shape index (κ1) is 20.8. The molecule has 4 rings (SSSR count). The van der Waals surface area contributed by atoms with Crippen LogP contribution in [0.25, 0.3) is 0 Å². The topological polar surface area (TPSA) is 66.5 Å². The number of hydrogen-bond donors (Lipinski definition) is 1. The lowest BCUT2D eigenvalue weighted by atomic mass is 9.78. The first-order chi connectivity index (χ1) is 14.4. The summed E-state index contributed by atoms with van der Waals surface area (Å²) in [5.41, 5.74) is 2.00. The number of carbonyl (C=O) groups is 1. The number of nitrogens with one attached hydrogen (secondary N) is 1. The highest BCUT2D eigenvalue weighted by Gasteiger charge is 2.36. The third-order valence-electron chi connectivity index (χ3n) is 6.37. The Bertz CT molecular complexity index is 998. The van der Waals surface area contributed by atoms with Crippen LogP contribution in [0.4, 0.5) is 10.1 Å². The Hall–Kier alpha value is -2.41. The molecule has 2 aliphatic rings. The first-order valence-corrected chi connectivity index (χ1v) is 12.2. The first-order valence-electron chi connectivity index (χ1n) is 10.5. The van der Waals surface area contributed by atoms with E-state index in [2.05, 4.69) is 5.32 Å². The summed E-state index contributed by atoms with van der Waals surface area (Å²) in [5.74, 6) is -0.274. The molecule has 2 aromatic carbocycles. The molecule has 2 fully saturated rings. The Morgan fingerprint density at radius 2 is 1.63 bits per heavy atom. The Morgan fingerprint density at radius 1 is 0.967 bits per heavy atom. The minimum atomic E-state index is -3.27. The van der Waals surface area contributed by atoms with Crippen LogP contribution in [0, 0.1) is 5.82 Å². The number of amides is 1. The Balaban J connectivity index is 1.45. The standard InChI is InChI=1S/C23H27FN2O3S/c24-20-9-7-19(8-10-20)23(13-1-2-14-23)17-25-22(27)18-5-11-21(12-6-18)26-15-3-4-16-30(26,28)29/h5-12H,1-4,13-17H2,(H,25,27). The normalized spacial score (nSPS) is 20.1. The molecular formula is C23H27FN2O3S. The zero-order valence-electron chi connectivity index (χ0n) is 16.9. The second-order valence-electron chi connectivity index (χ2n) is 8.32. The van der Waals surface area contributed by atoms with Crippen molar-refractivity contribution in [1.82, 2.24) is 5.32 Å². The van der Waals surface area contributed by atoms with E-state index in [1.807, 2.05) is 12.1 Å². The van der Waals surface area contributed by atoms with Crippen LogP contribution in [0.2, 0.25) is 0 Å². The van der Waals surface area contributed by atoms with E-state index in [4.69, 9.17) is 0 Å². The number of benzene rings is 2. The minimum Gasteiger partial charge on any atom is -0.351 e. The van der Waals surface area contributed by atoms with E-state index in [0.29, 0.717) is 30.8 Å². The smallest absolute Gasteiger partial charge is 0.251 e. The van der Waals surface area contributed by atoms with Crippen molar-refractivity contribution in [2.24, 2.45) is 0 Å². The van der Waals surface area contributed by atoms with Gasteiger partial charge >= 0.3 is 0 Å². The van der Waals surface area contributed by atoms with Crippen LogP contribution in [0.3, 0.4) is 0 Å². The summed E-state index contributed by atoms with van der Waals surface area (Å²) in [7, 11) is -3.27. The van der Waals surface area contributed by atoms with Gasteiger partial charge < -0.3 is 5.32 Å². The largest absolute Gasteiger partial charge is 0.351 e. The molecule has 1 saturated carbocycles. The summed E-state index contributed by atoms with van der Waals surface area (Å²) >= 11 is 0. The predicted molar refractivity (Wildman–Crippen MR) is 116 cm³/mol. The molecule has 1 amide bonds. The quantitative estimate of drug-likeness (QED) is 0.780. The van der Waals surface area contributed by atoms with E-state index in [1.54, 1.807) is 24.3 Å². The Labute approximate surface area is 177 Å². The highest BCUT2D eigenvalue weighted by Crippen LogP contribution is 2.40. The zero-order chi connectivity index (χ0) is 21.2. The van der Waals surface area contributed by atoms with Crippen LogP contribution < -0.4 is 9.62 Å².